The molecule has 1 aromatic carbocycles. The lowest BCUT2D eigenvalue weighted by atomic mass is 10.2. The summed E-state index contributed by atoms with van der Waals surface area (Å²) in [7, 11) is 2.65. The Morgan fingerprint density at radius 1 is 1.38 bits per heavy atom. The third kappa shape index (κ3) is 5.22. The first-order valence-electron chi connectivity index (χ1n) is 6.34. The normalized spacial score (nSPS) is 11.8. The summed E-state index contributed by atoms with van der Waals surface area (Å²) in [5.41, 5.74) is 0.519. The number of rotatable bonds is 7. The Morgan fingerprint density at radius 3 is 2.67 bits per heavy atom. The minimum Gasteiger partial charge on any atom is -0.467 e. The number of esters is 1. The smallest absolute Gasteiger partial charge is 0.336 e. The Balaban J connectivity index is 2.77. The van der Waals surface area contributed by atoms with Crippen molar-refractivity contribution >= 4 is 35.2 Å². The van der Waals surface area contributed by atoms with E-state index >= 15 is 0 Å². The van der Waals surface area contributed by atoms with Crippen LogP contribution in [-0.4, -0.2) is 44.5 Å². The fraction of sp³-hybridized carbons (Fsp3) is 0.429. The van der Waals surface area contributed by atoms with E-state index in [1.54, 1.807) is 18.2 Å². The van der Waals surface area contributed by atoms with Crippen LogP contribution in [0, 0.1) is 0 Å². The van der Waals surface area contributed by atoms with E-state index in [2.05, 4.69) is 10.1 Å². The van der Waals surface area contributed by atoms with Gasteiger partial charge in [-0.2, -0.15) is 0 Å². The number of hydrogen-bond donors (Lipinski definition) is 1. The van der Waals surface area contributed by atoms with Gasteiger partial charge >= 0.3 is 5.97 Å². The van der Waals surface area contributed by atoms with E-state index in [-0.39, 0.29) is 12.5 Å². The zero-order valence-corrected chi connectivity index (χ0v) is 13.7. The van der Waals surface area contributed by atoms with Gasteiger partial charge in [-0.25, -0.2) is 4.79 Å². The highest BCUT2D eigenvalue weighted by Gasteiger charge is 2.20. The molecule has 1 N–H and O–H groups in total. The minimum atomic E-state index is -0.825. The van der Waals surface area contributed by atoms with Crippen LogP contribution >= 0.6 is 23.4 Å². The van der Waals surface area contributed by atoms with Gasteiger partial charge in [0.15, 0.2) is 6.10 Å². The molecule has 0 saturated heterocycles. The Labute approximate surface area is 133 Å². The topological polar surface area (TPSA) is 64.6 Å². The molecule has 0 fully saturated rings. The maximum absolute atomic E-state index is 12.2. The lowest BCUT2D eigenvalue weighted by Crippen LogP contribution is -2.38. The van der Waals surface area contributed by atoms with Gasteiger partial charge in [-0.15, -0.1) is 11.8 Å². The van der Waals surface area contributed by atoms with Crippen LogP contribution in [0.15, 0.2) is 23.1 Å². The van der Waals surface area contributed by atoms with Gasteiger partial charge in [0.05, 0.1) is 19.2 Å². The van der Waals surface area contributed by atoms with Crippen molar-refractivity contribution in [2.24, 2.45) is 0 Å². The standard InChI is InChI=1S/C14H18ClNO4S/c1-4-21-12-7-9(15)5-6-10(12)13(17)16-8-11(19-2)14(18)20-3/h5-7,11H,4,8H2,1-3H3,(H,16,17)/t11-/m0/s1. The number of nitrogens with one attached hydrogen (secondary N) is 1. The van der Waals surface area contributed by atoms with E-state index in [9.17, 15) is 9.59 Å². The van der Waals surface area contributed by atoms with Crippen LogP contribution in [0.5, 0.6) is 0 Å². The van der Waals surface area contributed by atoms with Gasteiger partial charge in [-0.1, -0.05) is 18.5 Å². The number of carbonyl (C=O) groups is 2. The summed E-state index contributed by atoms with van der Waals surface area (Å²) in [6, 6.07) is 5.07. The van der Waals surface area contributed by atoms with Crippen LogP contribution in [-0.2, 0) is 14.3 Å². The largest absolute Gasteiger partial charge is 0.467 e. The number of ether oxygens (including phenoxy) is 2. The molecule has 116 valence electrons. The molecular formula is C14H18ClNO4S. The molecule has 0 saturated carbocycles. The molecule has 5 nitrogen and oxygen atoms in total. The fourth-order valence-corrected chi connectivity index (χ4v) is 2.71. The molecule has 0 aliphatic rings. The van der Waals surface area contributed by atoms with Crippen molar-refractivity contribution in [1.82, 2.24) is 5.32 Å². The molecule has 0 spiro atoms. The second-order valence-corrected chi connectivity index (χ2v) is 5.77. The molecule has 1 atom stereocenters. The van der Waals surface area contributed by atoms with Crippen molar-refractivity contribution < 1.29 is 19.1 Å². The fourth-order valence-electron chi connectivity index (χ4n) is 1.63. The number of hydrogen-bond acceptors (Lipinski definition) is 5. The van der Waals surface area contributed by atoms with E-state index in [1.807, 2.05) is 6.92 Å². The molecule has 1 rings (SSSR count). The molecule has 21 heavy (non-hydrogen) atoms. The third-order valence-corrected chi connectivity index (χ3v) is 3.86. The van der Waals surface area contributed by atoms with Gasteiger partial charge in [-0.3, -0.25) is 4.79 Å². The molecular weight excluding hydrogens is 314 g/mol. The molecule has 1 aromatic rings. The van der Waals surface area contributed by atoms with E-state index in [4.69, 9.17) is 16.3 Å². The van der Waals surface area contributed by atoms with Gasteiger partial charge in [0.2, 0.25) is 0 Å². The SMILES string of the molecule is CCSc1cc(Cl)ccc1C(=O)NC[C@H](OC)C(=O)OC. The highest BCUT2D eigenvalue weighted by molar-refractivity contribution is 7.99. The van der Waals surface area contributed by atoms with Crippen LogP contribution < -0.4 is 5.32 Å². The van der Waals surface area contributed by atoms with Crippen LogP contribution in [0.3, 0.4) is 0 Å². The van der Waals surface area contributed by atoms with Gasteiger partial charge in [0.25, 0.3) is 5.91 Å². The molecule has 0 heterocycles. The predicted octanol–water partition coefficient (Wildman–Crippen LogP) is 2.37. The maximum atomic E-state index is 12.2. The summed E-state index contributed by atoms with van der Waals surface area (Å²) in [5.74, 6) is 0.00867. The summed E-state index contributed by atoms with van der Waals surface area (Å²) >= 11 is 7.47. The van der Waals surface area contributed by atoms with Gasteiger partial charge in [0, 0.05) is 17.0 Å². The lowest BCUT2D eigenvalue weighted by molar-refractivity contribution is -0.151. The van der Waals surface area contributed by atoms with Crippen LogP contribution in [0.1, 0.15) is 17.3 Å². The zero-order chi connectivity index (χ0) is 15.8. The van der Waals surface area contributed by atoms with Crippen LogP contribution in [0.2, 0.25) is 5.02 Å². The molecule has 0 bridgehead atoms. The van der Waals surface area contributed by atoms with Crippen molar-refractivity contribution in [2.75, 3.05) is 26.5 Å². The second-order valence-electron chi connectivity index (χ2n) is 4.03. The third-order valence-electron chi connectivity index (χ3n) is 2.68. The number of carbonyl (C=O) groups excluding carboxylic acids is 2. The molecule has 0 unspecified atom stereocenters. The first-order chi connectivity index (χ1) is 10.0. The molecule has 0 radical (unpaired) electrons. The van der Waals surface area contributed by atoms with E-state index in [1.165, 1.54) is 26.0 Å². The minimum absolute atomic E-state index is 0.0425. The van der Waals surface area contributed by atoms with Crippen molar-refractivity contribution in [3.05, 3.63) is 28.8 Å². The number of halogens is 1. The monoisotopic (exact) mass is 331 g/mol. The predicted molar refractivity (Wildman–Crippen MR) is 83.0 cm³/mol. The zero-order valence-electron chi connectivity index (χ0n) is 12.1. The van der Waals surface area contributed by atoms with Gasteiger partial charge in [-0.05, 0) is 24.0 Å². The van der Waals surface area contributed by atoms with Crippen molar-refractivity contribution in [2.45, 2.75) is 17.9 Å². The van der Waals surface area contributed by atoms with E-state index < -0.39 is 12.1 Å². The number of benzene rings is 1. The number of thioether (sulfide) groups is 1. The number of methoxy groups -OCH3 is 2. The first kappa shape index (κ1) is 17.8. The van der Waals surface area contributed by atoms with Crippen molar-refractivity contribution in [3.8, 4) is 0 Å². The van der Waals surface area contributed by atoms with Crippen molar-refractivity contribution in [3.63, 3.8) is 0 Å². The van der Waals surface area contributed by atoms with E-state index in [0.717, 1.165) is 10.6 Å². The van der Waals surface area contributed by atoms with Crippen LogP contribution in [0.25, 0.3) is 0 Å². The second kappa shape index (κ2) is 8.92. The average molecular weight is 332 g/mol. The van der Waals surface area contributed by atoms with Gasteiger partial charge in [0.1, 0.15) is 0 Å². The van der Waals surface area contributed by atoms with Gasteiger partial charge < -0.3 is 14.8 Å². The first-order valence-corrected chi connectivity index (χ1v) is 7.71. The highest BCUT2D eigenvalue weighted by atomic mass is 35.5. The Morgan fingerprint density at radius 2 is 2.10 bits per heavy atom. The molecule has 7 heteroatoms. The number of amides is 1. The Hall–Kier alpha value is -1.24. The lowest BCUT2D eigenvalue weighted by Gasteiger charge is -2.14. The summed E-state index contributed by atoms with van der Waals surface area (Å²) in [5, 5.41) is 3.24. The van der Waals surface area contributed by atoms with Crippen molar-refractivity contribution in [1.29, 1.82) is 0 Å². The molecule has 0 aliphatic carbocycles. The average Bonchev–Trinajstić information content (AvgIpc) is 2.47. The Kier molecular flexibility index (Phi) is 7.56. The summed E-state index contributed by atoms with van der Waals surface area (Å²) in [6.45, 7) is 2.03. The maximum Gasteiger partial charge on any atom is 0.336 e. The summed E-state index contributed by atoms with van der Waals surface area (Å²) in [6.07, 6.45) is -0.825. The Bertz CT molecular complexity index is 510. The quantitative estimate of drug-likeness (QED) is 0.614. The van der Waals surface area contributed by atoms with Crippen LogP contribution in [0.4, 0.5) is 0 Å². The molecule has 0 aliphatic heterocycles. The summed E-state index contributed by atoms with van der Waals surface area (Å²) in [4.78, 5) is 24.4. The molecule has 1 amide bonds. The molecule has 0 aromatic heterocycles. The van der Waals surface area contributed by atoms with E-state index in [0.29, 0.717) is 10.6 Å². The highest BCUT2D eigenvalue weighted by Crippen LogP contribution is 2.26. The summed E-state index contributed by atoms with van der Waals surface area (Å²) < 4.78 is 9.55.